The molecule has 0 aromatic carbocycles. The van der Waals surface area contributed by atoms with Gasteiger partial charge in [-0.15, -0.1) is 29.8 Å². The minimum atomic E-state index is 0. The number of ether oxygens (including phenoxy) is 1. The van der Waals surface area contributed by atoms with Gasteiger partial charge in [-0.3, -0.25) is 10.5 Å². The summed E-state index contributed by atoms with van der Waals surface area (Å²) >= 11 is 10.3. The van der Waals surface area contributed by atoms with Gasteiger partial charge < -0.3 is 10.2 Å². The van der Waals surface area contributed by atoms with Gasteiger partial charge in [0.25, 0.3) is 0 Å². The van der Waals surface area contributed by atoms with Gasteiger partial charge in [-0.05, 0) is 0 Å². The summed E-state index contributed by atoms with van der Waals surface area (Å²) in [4.78, 5) is 0. The molecule has 0 aromatic rings. The van der Waals surface area contributed by atoms with Crippen molar-refractivity contribution in [1.82, 2.24) is 0 Å². The van der Waals surface area contributed by atoms with Crippen molar-refractivity contribution >= 4 is 23.2 Å². The van der Waals surface area contributed by atoms with Crippen LogP contribution in [0.4, 0.5) is 0 Å². The van der Waals surface area contributed by atoms with Crippen molar-refractivity contribution in [3.05, 3.63) is 12.7 Å². The fraction of sp³-hybridized carbons (Fsp3) is 0.667. The number of allylic oxidation sites excluding steroid dienone is 1. The monoisotopic (exact) mass is 220 g/mol. The fourth-order valence-corrected chi connectivity index (χ4v) is 0.335. The molecule has 1 saturated heterocycles. The maximum absolute atomic E-state index is 6.00. The molecule has 0 spiro atoms. The number of hydrogen-bond donors (Lipinski definition) is 2. The highest BCUT2D eigenvalue weighted by Crippen LogP contribution is 2.08. The Morgan fingerprint density at radius 2 is 1.83 bits per heavy atom. The largest absolute Gasteiger partial charge is 0.412 e. The molecule has 1 aliphatic heterocycles. The van der Waals surface area contributed by atoms with Crippen LogP contribution in [0.25, 0.3) is 0 Å². The first kappa shape index (κ1) is 18.0. The van der Waals surface area contributed by atoms with E-state index in [9.17, 15) is 0 Å². The SMILES string of the molecule is C=CCCl.ClCC1CO1.O.OO. The Bertz CT molecular complexity index is 77.9. The second-order valence-electron chi connectivity index (χ2n) is 1.55. The molecule has 0 saturated carbocycles. The van der Waals surface area contributed by atoms with Crippen LogP contribution in [-0.2, 0) is 4.74 Å². The van der Waals surface area contributed by atoms with Gasteiger partial charge in [-0.25, -0.2) is 0 Å². The van der Waals surface area contributed by atoms with Gasteiger partial charge in [-0.1, -0.05) is 6.08 Å². The molecule has 1 heterocycles. The minimum Gasteiger partial charge on any atom is -0.412 e. The average Bonchev–Trinajstić information content (AvgIpc) is 2.91. The maximum Gasteiger partial charge on any atom is 0.0944 e. The van der Waals surface area contributed by atoms with Gasteiger partial charge in [0.15, 0.2) is 0 Å². The lowest BCUT2D eigenvalue weighted by Crippen LogP contribution is -1.80. The van der Waals surface area contributed by atoms with E-state index >= 15 is 0 Å². The lowest BCUT2D eigenvalue weighted by Gasteiger charge is -1.67. The van der Waals surface area contributed by atoms with E-state index in [2.05, 4.69) is 6.58 Å². The Morgan fingerprint density at radius 3 is 1.83 bits per heavy atom. The van der Waals surface area contributed by atoms with Crippen LogP contribution in [0.1, 0.15) is 0 Å². The second kappa shape index (κ2) is 17.3. The zero-order valence-electron chi connectivity index (χ0n) is 6.54. The van der Waals surface area contributed by atoms with Crippen LogP contribution in [0, 0.1) is 0 Å². The van der Waals surface area contributed by atoms with Crippen LogP contribution in [0.5, 0.6) is 0 Å². The molecule has 1 atom stereocenters. The summed E-state index contributed by atoms with van der Waals surface area (Å²) in [6, 6.07) is 0. The Hall–Kier alpha value is 0.160. The van der Waals surface area contributed by atoms with Crippen molar-refractivity contribution in [2.75, 3.05) is 18.4 Å². The van der Waals surface area contributed by atoms with E-state index < -0.39 is 0 Å². The highest BCUT2D eigenvalue weighted by atomic mass is 35.5. The van der Waals surface area contributed by atoms with E-state index in [4.69, 9.17) is 38.5 Å². The predicted octanol–water partition coefficient (Wildman–Crippen LogP) is 1.23. The molecule has 0 radical (unpaired) electrons. The van der Waals surface area contributed by atoms with Crippen molar-refractivity contribution in [2.45, 2.75) is 6.10 Å². The van der Waals surface area contributed by atoms with Crippen LogP contribution >= 0.6 is 23.2 Å². The normalized spacial score (nSPS) is 16.8. The Kier molecular flexibility index (Phi) is 26.0. The van der Waals surface area contributed by atoms with Crippen molar-refractivity contribution in [1.29, 1.82) is 0 Å². The van der Waals surface area contributed by atoms with Crippen LogP contribution in [-0.4, -0.2) is 40.5 Å². The summed E-state index contributed by atoms with van der Waals surface area (Å²) in [5.41, 5.74) is 0. The van der Waals surface area contributed by atoms with E-state index in [1.807, 2.05) is 0 Å². The quantitative estimate of drug-likeness (QED) is 0.242. The molecule has 12 heavy (non-hydrogen) atoms. The molecule has 76 valence electrons. The van der Waals surface area contributed by atoms with Gasteiger partial charge in [-0.2, -0.15) is 0 Å². The first-order chi connectivity index (χ1) is 5.35. The van der Waals surface area contributed by atoms with Crippen LogP contribution in [0.3, 0.4) is 0 Å². The standard InChI is InChI=1S/C3H5ClO.C3H5Cl.H2O2.H2O/c4-1-3-2-5-3;1-2-3-4;1-2;/h3H,1-2H2;2H,1,3H2;1-2H;1H2. The molecule has 0 amide bonds. The maximum atomic E-state index is 6.00. The summed E-state index contributed by atoms with van der Waals surface area (Å²) in [5.74, 6) is 1.22. The minimum absolute atomic E-state index is 0. The zero-order chi connectivity index (χ0) is 9.11. The molecule has 1 aliphatic rings. The van der Waals surface area contributed by atoms with E-state index in [0.717, 1.165) is 6.61 Å². The second-order valence-corrected chi connectivity index (χ2v) is 2.17. The molecular weight excluding hydrogens is 207 g/mol. The lowest BCUT2D eigenvalue weighted by molar-refractivity contribution is -0.176. The van der Waals surface area contributed by atoms with E-state index in [0.29, 0.717) is 17.9 Å². The number of hydrogen-bond acceptors (Lipinski definition) is 3. The molecule has 1 unspecified atom stereocenters. The van der Waals surface area contributed by atoms with Crippen LogP contribution in [0.15, 0.2) is 12.7 Å². The van der Waals surface area contributed by atoms with Crippen molar-refractivity contribution in [3.63, 3.8) is 0 Å². The van der Waals surface area contributed by atoms with E-state index in [-0.39, 0.29) is 5.48 Å². The third kappa shape index (κ3) is 22.5. The summed E-state index contributed by atoms with van der Waals surface area (Å²) in [7, 11) is 0. The number of epoxide rings is 1. The van der Waals surface area contributed by atoms with Gasteiger partial charge >= 0.3 is 0 Å². The molecular formula is C6H14Cl2O4. The van der Waals surface area contributed by atoms with E-state index in [1.54, 1.807) is 6.08 Å². The summed E-state index contributed by atoms with van der Waals surface area (Å²) in [5, 5.41) is 12.0. The Morgan fingerprint density at radius 1 is 1.50 bits per heavy atom. The van der Waals surface area contributed by atoms with E-state index in [1.165, 1.54) is 0 Å². The number of halogens is 2. The Labute approximate surface area is 81.6 Å². The molecule has 0 aromatic heterocycles. The summed E-state index contributed by atoms with van der Waals surface area (Å²) in [6.45, 7) is 4.23. The highest BCUT2D eigenvalue weighted by molar-refractivity contribution is 6.18. The predicted molar refractivity (Wildman–Crippen MR) is 50.2 cm³/mol. The molecule has 4 nitrogen and oxygen atoms in total. The third-order valence-electron chi connectivity index (χ3n) is 0.684. The van der Waals surface area contributed by atoms with Crippen molar-refractivity contribution < 1.29 is 20.7 Å². The zero-order valence-corrected chi connectivity index (χ0v) is 8.05. The van der Waals surface area contributed by atoms with Gasteiger partial charge in [0.05, 0.1) is 18.6 Å². The Balaban J connectivity index is -0.000000107. The topological polar surface area (TPSA) is 84.5 Å². The molecule has 0 bridgehead atoms. The summed E-state index contributed by atoms with van der Waals surface area (Å²) < 4.78 is 4.73. The molecule has 4 N–H and O–H groups in total. The van der Waals surface area contributed by atoms with Crippen molar-refractivity contribution in [2.24, 2.45) is 0 Å². The highest BCUT2D eigenvalue weighted by Gasteiger charge is 2.19. The van der Waals surface area contributed by atoms with Gasteiger partial charge in [0, 0.05) is 5.88 Å². The van der Waals surface area contributed by atoms with Gasteiger partial charge in [0.2, 0.25) is 0 Å². The third-order valence-corrected chi connectivity index (χ3v) is 1.25. The molecule has 1 fully saturated rings. The van der Waals surface area contributed by atoms with Crippen molar-refractivity contribution in [3.8, 4) is 0 Å². The molecule has 6 heteroatoms. The van der Waals surface area contributed by atoms with Crippen LogP contribution < -0.4 is 0 Å². The average molecular weight is 221 g/mol. The number of alkyl halides is 2. The molecule has 1 rings (SSSR count). The summed E-state index contributed by atoms with van der Waals surface area (Å²) in [6.07, 6.45) is 2.04. The lowest BCUT2D eigenvalue weighted by atomic mass is 10.6. The number of rotatable bonds is 2. The molecule has 0 aliphatic carbocycles. The fourth-order valence-electron chi connectivity index (χ4n) is 0.157. The first-order valence-electron chi connectivity index (χ1n) is 2.89. The van der Waals surface area contributed by atoms with Crippen LogP contribution in [0.2, 0.25) is 0 Å². The first-order valence-corrected chi connectivity index (χ1v) is 3.96. The smallest absolute Gasteiger partial charge is 0.0944 e. The van der Waals surface area contributed by atoms with Gasteiger partial charge in [0.1, 0.15) is 0 Å².